The van der Waals surface area contributed by atoms with Gasteiger partial charge in [0.15, 0.2) is 0 Å². The molecule has 1 aliphatic heterocycles. The molecule has 1 fully saturated rings. The summed E-state index contributed by atoms with van der Waals surface area (Å²) in [6, 6.07) is 12.4. The lowest BCUT2D eigenvalue weighted by Gasteiger charge is -2.16. The Bertz CT molecular complexity index is 547. The van der Waals surface area contributed by atoms with Crippen LogP contribution in [0.2, 0.25) is 0 Å². The first kappa shape index (κ1) is 11.5. The van der Waals surface area contributed by atoms with E-state index in [1.54, 1.807) is 0 Å². The van der Waals surface area contributed by atoms with Gasteiger partial charge in [-0.1, -0.05) is 30.3 Å². The molecule has 0 saturated carbocycles. The molecular formula is C15H17NO2. The Morgan fingerprint density at radius 1 is 1.22 bits per heavy atom. The minimum Gasteiger partial charge on any atom is -0.488 e. The standard InChI is InChI=1S/C15H17NO2/c16-9-14-13-4-2-1-3-11(13)5-6-15(14)18-12-7-8-17-10-12/h1-6,12H,7-10,16H2. The highest BCUT2D eigenvalue weighted by Crippen LogP contribution is 2.29. The highest BCUT2D eigenvalue weighted by atomic mass is 16.5. The summed E-state index contributed by atoms with van der Waals surface area (Å²) in [6.45, 7) is 1.96. The topological polar surface area (TPSA) is 44.5 Å². The second kappa shape index (κ2) is 4.96. The lowest BCUT2D eigenvalue weighted by atomic mass is 10.0. The highest BCUT2D eigenvalue weighted by Gasteiger charge is 2.19. The highest BCUT2D eigenvalue weighted by molar-refractivity contribution is 5.87. The van der Waals surface area contributed by atoms with E-state index < -0.39 is 0 Å². The van der Waals surface area contributed by atoms with Crippen LogP contribution in [0.5, 0.6) is 5.75 Å². The third-order valence-corrected chi connectivity index (χ3v) is 3.38. The zero-order valence-electron chi connectivity index (χ0n) is 10.3. The van der Waals surface area contributed by atoms with E-state index in [4.69, 9.17) is 15.2 Å². The van der Waals surface area contributed by atoms with Crippen molar-refractivity contribution in [3.05, 3.63) is 42.0 Å². The molecule has 0 aliphatic carbocycles. The number of ether oxygens (including phenoxy) is 2. The lowest BCUT2D eigenvalue weighted by Crippen LogP contribution is -2.17. The third-order valence-electron chi connectivity index (χ3n) is 3.38. The zero-order valence-corrected chi connectivity index (χ0v) is 10.3. The molecule has 2 N–H and O–H groups in total. The summed E-state index contributed by atoms with van der Waals surface area (Å²) >= 11 is 0. The van der Waals surface area contributed by atoms with Crippen molar-refractivity contribution in [3.63, 3.8) is 0 Å². The summed E-state index contributed by atoms with van der Waals surface area (Å²) < 4.78 is 11.3. The minimum atomic E-state index is 0.163. The van der Waals surface area contributed by atoms with Gasteiger partial charge in [-0.05, 0) is 16.8 Å². The zero-order chi connectivity index (χ0) is 12.4. The molecule has 1 aliphatic rings. The van der Waals surface area contributed by atoms with Gasteiger partial charge in [-0.25, -0.2) is 0 Å². The molecule has 3 rings (SSSR count). The number of benzene rings is 2. The average molecular weight is 243 g/mol. The fraction of sp³-hybridized carbons (Fsp3) is 0.333. The summed E-state index contributed by atoms with van der Waals surface area (Å²) in [4.78, 5) is 0. The van der Waals surface area contributed by atoms with Gasteiger partial charge in [0.05, 0.1) is 13.2 Å². The van der Waals surface area contributed by atoms with E-state index in [9.17, 15) is 0 Å². The summed E-state index contributed by atoms with van der Waals surface area (Å²) in [5, 5.41) is 2.38. The average Bonchev–Trinajstić information content (AvgIpc) is 2.91. The van der Waals surface area contributed by atoms with Crippen LogP contribution in [0.1, 0.15) is 12.0 Å². The van der Waals surface area contributed by atoms with Crippen molar-refractivity contribution in [3.8, 4) is 5.75 Å². The Balaban J connectivity index is 2.00. The van der Waals surface area contributed by atoms with Crippen molar-refractivity contribution < 1.29 is 9.47 Å². The Morgan fingerprint density at radius 3 is 2.89 bits per heavy atom. The van der Waals surface area contributed by atoms with Gasteiger partial charge < -0.3 is 15.2 Å². The van der Waals surface area contributed by atoms with Crippen molar-refractivity contribution in [2.75, 3.05) is 13.2 Å². The molecule has 1 atom stereocenters. The molecule has 3 heteroatoms. The first-order chi connectivity index (χ1) is 8.88. The largest absolute Gasteiger partial charge is 0.488 e. The fourth-order valence-electron chi connectivity index (χ4n) is 2.42. The molecule has 3 nitrogen and oxygen atoms in total. The van der Waals surface area contributed by atoms with E-state index in [0.29, 0.717) is 13.2 Å². The minimum absolute atomic E-state index is 0.163. The van der Waals surface area contributed by atoms with Crippen molar-refractivity contribution in [1.29, 1.82) is 0 Å². The first-order valence-corrected chi connectivity index (χ1v) is 6.33. The van der Waals surface area contributed by atoms with Gasteiger partial charge in [0.25, 0.3) is 0 Å². The van der Waals surface area contributed by atoms with Gasteiger partial charge in [-0.15, -0.1) is 0 Å². The van der Waals surface area contributed by atoms with Crippen LogP contribution in [0.3, 0.4) is 0 Å². The Labute approximate surface area is 106 Å². The summed E-state index contributed by atoms with van der Waals surface area (Å²) in [7, 11) is 0. The van der Waals surface area contributed by atoms with E-state index in [1.165, 1.54) is 10.8 Å². The number of rotatable bonds is 3. The van der Waals surface area contributed by atoms with E-state index in [1.807, 2.05) is 18.2 Å². The molecule has 0 radical (unpaired) electrons. The molecule has 0 spiro atoms. The molecule has 1 heterocycles. The molecule has 0 aromatic heterocycles. The van der Waals surface area contributed by atoms with Gasteiger partial charge in [0, 0.05) is 18.5 Å². The monoisotopic (exact) mass is 243 g/mol. The fourth-order valence-corrected chi connectivity index (χ4v) is 2.42. The second-order valence-corrected chi connectivity index (χ2v) is 4.57. The van der Waals surface area contributed by atoms with Crippen LogP contribution < -0.4 is 10.5 Å². The Morgan fingerprint density at radius 2 is 2.11 bits per heavy atom. The predicted octanol–water partition coefficient (Wildman–Crippen LogP) is 2.47. The molecule has 2 aromatic carbocycles. The van der Waals surface area contributed by atoms with Gasteiger partial charge in [-0.3, -0.25) is 0 Å². The number of hydrogen-bond donors (Lipinski definition) is 1. The van der Waals surface area contributed by atoms with Gasteiger partial charge in [0.2, 0.25) is 0 Å². The van der Waals surface area contributed by atoms with E-state index >= 15 is 0 Å². The normalized spacial score (nSPS) is 19.3. The van der Waals surface area contributed by atoms with Crippen LogP contribution in [0, 0.1) is 0 Å². The van der Waals surface area contributed by atoms with Crippen molar-refractivity contribution >= 4 is 10.8 Å². The van der Waals surface area contributed by atoms with Crippen molar-refractivity contribution in [2.24, 2.45) is 5.73 Å². The maximum Gasteiger partial charge on any atom is 0.124 e. The van der Waals surface area contributed by atoms with E-state index in [0.717, 1.165) is 24.3 Å². The van der Waals surface area contributed by atoms with Gasteiger partial charge in [0.1, 0.15) is 11.9 Å². The van der Waals surface area contributed by atoms with Crippen LogP contribution in [0.25, 0.3) is 10.8 Å². The van der Waals surface area contributed by atoms with Crippen LogP contribution in [0.15, 0.2) is 36.4 Å². The molecule has 0 amide bonds. The lowest BCUT2D eigenvalue weighted by molar-refractivity contribution is 0.141. The van der Waals surface area contributed by atoms with E-state index in [-0.39, 0.29) is 6.10 Å². The summed E-state index contributed by atoms with van der Waals surface area (Å²) in [5.41, 5.74) is 6.96. The van der Waals surface area contributed by atoms with Crippen LogP contribution >= 0.6 is 0 Å². The Hall–Kier alpha value is -1.58. The van der Waals surface area contributed by atoms with Crippen LogP contribution in [-0.2, 0) is 11.3 Å². The molecule has 0 bridgehead atoms. The molecule has 2 aromatic rings. The smallest absolute Gasteiger partial charge is 0.124 e. The van der Waals surface area contributed by atoms with Crippen molar-refractivity contribution in [2.45, 2.75) is 19.1 Å². The number of nitrogens with two attached hydrogens (primary N) is 1. The summed E-state index contributed by atoms with van der Waals surface area (Å²) in [6.07, 6.45) is 1.12. The SMILES string of the molecule is NCc1c(OC2CCOC2)ccc2ccccc12. The molecule has 18 heavy (non-hydrogen) atoms. The summed E-state index contributed by atoms with van der Waals surface area (Å²) in [5.74, 6) is 0.895. The maximum atomic E-state index is 6.00. The quantitative estimate of drug-likeness (QED) is 0.900. The molecule has 94 valence electrons. The van der Waals surface area contributed by atoms with Crippen LogP contribution in [-0.4, -0.2) is 19.3 Å². The number of fused-ring (bicyclic) bond motifs is 1. The van der Waals surface area contributed by atoms with Gasteiger partial charge >= 0.3 is 0 Å². The molecule has 1 unspecified atom stereocenters. The molecular weight excluding hydrogens is 226 g/mol. The van der Waals surface area contributed by atoms with E-state index in [2.05, 4.69) is 18.2 Å². The molecule has 1 saturated heterocycles. The number of hydrogen-bond acceptors (Lipinski definition) is 3. The second-order valence-electron chi connectivity index (χ2n) is 4.57. The maximum absolute atomic E-state index is 6.00. The first-order valence-electron chi connectivity index (χ1n) is 6.33. The van der Waals surface area contributed by atoms with Crippen LogP contribution in [0.4, 0.5) is 0 Å². The third kappa shape index (κ3) is 2.07. The van der Waals surface area contributed by atoms with Gasteiger partial charge in [-0.2, -0.15) is 0 Å². The Kier molecular flexibility index (Phi) is 3.17. The van der Waals surface area contributed by atoms with Crippen molar-refractivity contribution in [1.82, 2.24) is 0 Å². The predicted molar refractivity (Wildman–Crippen MR) is 71.7 cm³/mol.